The smallest absolute Gasteiger partial charge is 0.372 e. The second kappa shape index (κ2) is 8.29. The van der Waals surface area contributed by atoms with E-state index in [2.05, 4.69) is 0 Å². The number of carboxylic acids is 1. The van der Waals surface area contributed by atoms with Gasteiger partial charge in [0.1, 0.15) is 0 Å². The van der Waals surface area contributed by atoms with Gasteiger partial charge in [0.2, 0.25) is 5.78 Å². The molecule has 2 rings (SSSR count). The van der Waals surface area contributed by atoms with Gasteiger partial charge < -0.3 is 14.6 Å². The molecule has 6 nitrogen and oxygen atoms in total. The lowest BCUT2D eigenvalue weighted by Gasteiger charge is -2.14. The monoisotopic (exact) mass is 356 g/mol. The number of aliphatic carboxylic acids is 1. The third-order valence-corrected chi connectivity index (χ3v) is 3.89. The van der Waals surface area contributed by atoms with Crippen LogP contribution in [0.1, 0.15) is 33.5 Å². The zero-order valence-electron chi connectivity index (χ0n) is 14.9. The molecule has 2 aromatic rings. The van der Waals surface area contributed by atoms with Crippen LogP contribution >= 0.6 is 0 Å². The van der Waals surface area contributed by atoms with Crippen LogP contribution < -0.4 is 9.47 Å². The molecule has 0 saturated heterocycles. The van der Waals surface area contributed by atoms with Crippen molar-refractivity contribution in [2.45, 2.75) is 19.8 Å². The first-order chi connectivity index (χ1) is 12.3. The average molecular weight is 356 g/mol. The zero-order chi connectivity index (χ0) is 19.3. The lowest BCUT2D eigenvalue weighted by molar-refractivity contribution is -0.148. The van der Waals surface area contributed by atoms with E-state index in [9.17, 15) is 14.4 Å². The number of carbonyl (C=O) groups is 3. The summed E-state index contributed by atoms with van der Waals surface area (Å²) < 4.78 is 10.6. The Morgan fingerprint density at radius 2 is 1.73 bits per heavy atom. The van der Waals surface area contributed by atoms with Gasteiger partial charge in [-0.05, 0) is 36.6 Å². The summed E-state index contributed by atoms with van der Waals surface area (Å²) >= 11 is 0. The quantitative estimate of drug-likeness (QED) is 0.444. The highest BCUT2D eigenvalue weighted by Gasteiger charge is 2.23. The maximum absolute atomic E-state index is 12.4. The van der Waals surface area contributed by atoms with Crippen LogP contribution in [0.5, 0.6) is 11.5 Å². The molecular weight excluding hydrogens is 336 g/mol. The Kier molecular flexibility index (Phi) is 6.11. The number of aryl methyl sites for hydroxylation is 1. The first-order valence-corrected chi connectivity index (χ1v) is 7.95. The minimum atomic E-state index is -1.64. The lowest BCUT2D eigenvalue weighted by Crippen LogP contribution is -2.18. The van der Waals surface area contributed by atoms with Crippen molar-refractivity contribution < 1.29 is 29.0 Å². The number of Topliss-reactive ketones (excluding diaryl/α,β-unsaturated/α-hetero) is 2. The lowest BCUT2D eigenvalue weighted by atomic mass is 9.97. The molecule has 0 aromatic heterocycles. The molecule has 0 aliphatic heterocycles. The van der Waals surface area contributed by atoms with Gasteiger partial charge >= 0.3 is 5.97 Å². The summed E-state index contributed by atoms with van der Waals surface area (Å²) in [5.74, 6) is -2.90. The number of ether oxygens (including phenoxy) is 2. The molecule has 0 atom stereocenters. The van der Waals surface area contributed by atoms with E-state index in [0.717, 1.165) is 16.7 Å². The fourth-order valence-electron chi connectivity index (χ4n) is 2.71. The highest BCUT2D eigenvalue weighted by atomic mass is 16.5. The molecule has 1 N–H and O–H groups in total. The van der Waals surface area contributed by atoms with E-state index < -0.39 is 24.0 Å². The van der Waals surface area contributed by atoms with E-state index >= 15 is 0 Å². The van der Waals surface area contributed by atoms with E-state index in [0.29, 0.717) is 12.2 Å². The molecule has 0 heterocycles. The topological polar surface area (TPSA) is 89.9 Å². The number of methoxy groups -OCH3 is 2. The van der Waals surface area contributed by atoms with Crippen LogP contribution in [0.3, 0.4) is 0 Å². The number of rotatable bonds is 8. The Morgan fingerprint density at radius 3 is 2.31 bits per heavy atom. The van der Waals surface area contributed by atoms with Crippen molar-refractivity contribution in [3.05, 3.63) is 58.7 Å². The number of hydrogen-bond donors (Lipinski definition) is 1. The standard InChI is InChI=1S/C20H20O6/c1-12-5-4-6-13(7-12)8-14-9-15(16(21)11-17(22)20(23)24)19(26-3)18(10-14)25-2/h4-7,9-10H,8,11H2,1-3H3,(H,23,24). The molecule has 0 aliphatic rings. The molecule has 2 aromatic carbocycles. The first kappa shape index (κ1) is 19.2. The van der Waals surface area contributed by atoms with Crippen molar-refractivity contribution in [1.29, 1.82) is 0 Å². The van der Waals surface area contributed by atoms with Gasteiger partial charge in [0.25, 0.3) is 0 Å². The van der Waals surface area contributed by atoms with Gasteiger partial charge in [0.15, 0.2) is 17.3 Å². The predicted octanol–water partition coefficient (Wildman–Crippen LogP) is 2.83. The summed E-state index contributed by atoms with van der Waals surface area (Å²) in [5.41, 5.74) is 3.09. The van der Waals surface area contributed by atoms with Crippen molar-refractivity contribution in [2.75, 3.05) is 14.2 Å². The van der Waals surface area contributed by atoms with Gasteiger partial charge in [-0.2, -0.15) is 0 Å². The second-order valence-electron chi connectivity index (χ2n) is 5.87. The Hall–Kier alpha value is -3.15. The van der Waals surface area contributed by atoms with Crippen LogP contribution in [0.25, 0.3) is 0 Å². The Morgan fingerprint density at radius 1 is 1.00 bits per heavy atom. The van der Waals surface area contributed by atoms with Gasteiger partial charge in [0.05, 0.1) is 26.2 Å². The van der Waals surface area contributed by atoms with Gasteiger partial charge in [-0.1, -0.05) is 29.8 Å². The average Bonchev–Trinajstić information content (AvgIpc) is 2.60. The van der Waals surface area contributed by atoms with Crippen molar-refractivity contribution in [1.82, 2.24) is 0 Å². The number of ketones is 2. The maximum Gasteiger partial charge on any atom is 0.372 e. The van der Waals surface area contributed by atoms with E-state index in [1.807, 2.05) is 31.2 Å². The molecule has 26 heavy (non-hydrogen) atoms. The summed E-state index contributed by atoms with van der Waals surface area (Å²) in [7, 11) is 2.83. The van der Waals surface area contributed by atoms with Crippen molar-refractivity contribution in [2.24, 2.45) is 0 Å². The largest absolute Gasteiger partial charge is 0.493 e. The molecule has 136 valence electrons. The Labute approximate surface area is 151 Å². The SMILES string of the molecule is COc1cc(Cc2cccc(C)c2)cc(C(=O)CC(=O)C(=O)O)c1OC. The van der Waals surface area contributed by atoms with Crippen molar-refractivity contribution in [3.8, 4) is 11.5 Å². The Balaban J connectivity index is 2.43. The van der Waals surface area contributed by atoms with E-state index in [1.165, 1.54) is 14.2 Å². The molecule has 0 amide bonds. The normalized spacial score (nSPS) is 10.3. The van der Waals surface area contributed by atoms with Gasteiger partial charge in [-0.3, -0.25) is 9.59 Å². The van der Waals surface area contributed by atoms with E-state index in [1.54, 1.807) is 12.1 Å². The number of hydrogen-bond acceptors (Lipinski definition) is 5. The number of benzene rings is 2. The molecular formula is C20H20O6. The molecule has 0 fully saturated rings. The van der Waals surface area contributed by atoms with E-state index in [4.69, 9.17) is 14.6 Å². The number of carbonyl (C=O) groups excluding carboxylic acids is 2. The van der Waals surface area contributed by atoms with Crippen LogP contribution in [0.4, 0.5) is 0 Å². The Bertz CT molecular complexity index is 853. The van der Waals surface area contributed by atoms with Crippen LogP contribution in [-0.2, 0) is 16.0 Å². The minimum absolute atomic E-state index is 0.129. The summed E-state index contributed by atoms with van der Waals surface area (Å²) in [4.78, 5) is 34.6. The molecule has 0 radical (unpaired) electrons. The molecule has 0 spiro atoms. The zero-order valence-corrected chi connectivity index (χ0v) is 14.9. The van der Waals surface area contributed by atoms with Crippen LogP contribution in [0.2, 0.25) is 0 Å². The van der Waals surface area contributed by atoms with Gasteiger partial charge in [-0.25, -0.2) is 4.79 Å². The number of carboxylic acid groups (broad SMARTS) is 1. The minimum Gasteiger partial charge on any atom is -0.493 e. The highest BCUT2D eigenvalue weighted by Crippen LogP contribution is 2.34. The summed E-state index contributed by atoms with van der Waals surface area (Å²) in [6, 6.07) is 11.3. The first-order valence-electron chi connectivity index (χ1n) is 7.95. The third kappa shape index (κ3) is 4.47. The molecule has 0 bridgehead atoms. The summed E-state index contributed by atoms with van der Waals surface area (Å²) in [5, 5.41) is 8.72. The fourth-order valence-corrected chi connectivity index (χ4v) is 2.71. The maximum atomic E-state index is 12.4. The fraction of sp³-hybridized carbons (Fsp3) is 0.250. The predicted molar refractivity (Wildman–Crippen MR) is 95.1 cm³/mol. The summed E-state index contributed by atoms with van der Waals surface area (Å²) in [6.07, 6.45) is -0.183. The summed E-state index contributed by atoms with van der Waals surface area (Å²) in [6.45, 7) is 1.99. The van der Waals surface area contributed by atoms with Crippen molar-refractivity contribution in [3.63, 3.8) is 0 Å². The van der Waals surface area contributed by atoms with Crippen molar-refractivity contribution >= 4 is 17.5 Å². The van der Waals surface area contributed by atoms with Crippen LogP contribution in [0, 0.1) is 6.92 Å². The molecule has 0 saturated carbocycles. The highest BCUT2D eigenvalue weighted by molar-refractivity contribution is 6.37. The third-order valence-electron chi connectivity index (χ3n) is 3.89. The van der Waals surface area contributed by atoms with Gasteiger partial charge in [0, 0.05) is 0 Å². The molecule has 0 aliphatic carbocycles. The molecule has 6 heteroatoms. The second-order valence-corrected chi connectivity index (χ2v) is 5.87. The van der Waals surface area contributed by atoms with Gasteiger partial charge in [-0.15, -0.1) is 0 Å². The van der Waals surface area contributed by atoms with Crippen LogP contribution in [-0.4, -0.2) is 36.9 Å². The molecule has 0 unspecified atom stereocenters. The van der Waals surface area contributed by atoms with Crippen LogP contribution in [0.15, 0.2) is 36.4 Å². The van der Waals surface area contributed by atoms with E-state index in [-0.39, 0.29) is 11.3 Å².